The molecule has 3 aromatic rings. The van der Waals surface area contributed by atoms with E-state index in [9.17, 15) is 4.79 Å². The predicted molar refractivity (Wildman–Crippen MR) is 115 cm³/mol. The van der Waals surface area contributed by atoms with Gasteiger partial charge in [0.1, 0.15) is 0 Å². The van der Waals surface area contributed by atoms with Crippen LogP contribution < -0.4 is 9.80 Å². The van der Waals surface area contributed by atoms with Crippen molar-refractivity contribution in [2.24, 2.45) is 0 Å². The van der Waals surface area contributed by atoms with Gasteiger partial charge in [0.05, 0.1) is 0 Å². The van der Waals surface area contributed by atoms with Gasteiger partial charge in [0.25, 0.3) is 0 Å². The van der Waals surface area contributed by atoms with Crippen LogP contribution in [0.5, 0.6) is 0 Å². The maximum Gasteiger partial charge on any atom is 0.166 e. The average Bonchev–Trinajstić information content (AvgIpc) is 3.12. The fourth-order valence-corrected chi connectivity index (χ4v) is 4.64. The highest BCUT2D eigenvalue weighted by atomic mass is 16.1. The summed E-state index contributed by atoms with van der Waals surface area (Å²) in [6.07, 6.45) is 0.584. The van der Waals surface area contributed by atoms with Gasteiger partial charge in [0, 0.05) is 55.5 Å². The van der Waals surface area contributed by atoms with Gasteiger partial charge in [-0.15, -0.1) is 0 Å². The molecule has 140 valence electrons. The monoisotopic (exact) mass is 368 g/mol. The van der Waals surface area contributed by atoms with E-state index in [4.69, 9.17) is 0 Å². The van der Waals surface area contributed by atoms with Crippen LogP contribution >= 0.6 is 0 Å². The Bertz CT molecular complexity index is 976. The second-order valence-corrected chi connectivity index (χ2v) is 7.64. The normalized spacial score (nSPS) is 19.0. The fraction of sp³-hybridized carbons (Fsp3) is 0.240. The molecule has 5 rings (SSSR count). The van der Waals surface area contributed by atoms with Crippen molar-refractivity contribution < 1.29 is 4.79 Å². The van der Waals surface area contributed by atoms with E-state index in [1.54, 1.807) is 0 Å². The van der Waals surface area contributed by atoms with E-state index in [1.165, 1.54) is 16.8 Å². The highest BCUT2D eigenvalue weighted by Crippen LogP contribution is 2.42. The van der Waals surface area contributed by atoms with Crippen LogP contribution in [0, 0.1) is 0 Å². The number of carbonyl (C=O) groups is 1. The highest BCUT2D eigenvalue weighted by molar-refractivity contribution is 6.06. The molecule has 0 saturated carbocycles. The van der Waals surface area contributed by atoms with Crippen LogP contribution in [-0.2, 0) is 0 Å². The lowest BCUT2D eigenvalue weighted by Crippen LogP contribution is -2.46. The quantitative estimate of drug-likeness (QED) is 0.668. The molecule has 28 heavy (non-hydrogen) atoms. The molecule has 1 heterocycles. The lowest BCUT2D eigenvalue weighted by Gasteiger charge is -2.38. The minimum atomic E-state index is 0.189. The Labute approximate surface area is 166 Å². The number of fused-ring (bicyclic) bond motifs is 1. The van der Waals surface area contributed by atoms with Gasteiger partial charge >= 0.3 is 0 Å². The highest BCUT2D eigenvalue weighted by Gasteiger charge is 2.34. The van der Waals surface area contributed by atoms with Crippen LogP contribution in [0.3, 0.4) is 0 Å². The summed E-state index contributed by atoms with van der Waals surface area (Å²) < 4.78 is 0. The van der Waals surface area contributed by atoms with Gasteiger partial charge in [-0.2, -0.15) is 0 Å². The molecular formula is C25H24N2O. The molecule has 0 aromatic heterocycles. The van der Waals surface area contributed by atoms with Crippen LogP contribution in [0.4, 0.5) is 11.4 Å². The van der Waals surface area contributed by atoms with Crippen LogP contribution in [0.1, 0.15) is 33.8 Å². The Kier molecular flexibility index (Phi) is 4.36. The van der Waals surface area contributed by atoms with E-state index < -0.39 is 0 Å². The molecule has 0 amide bonds. The number of anilines is 2. The van der Waals surface area contributed by atoms with E-state index in [0.717, 1.165) is 37.4 Å². The summed E-state index contributed by atoms with van der Waals surface area (Å²) in [5.41, 5.74) is 5.78. The first-order valence-electron chi connectivity index (χ1n) is 10.1. The number of carbonyl (C=O) groups excluding carboxylic acids is 1. The van der Waals surface area contributed by atoms with Crippen LogP contribution in [0.25, 0.3) is 0 Å². The second-order valence-electron chi connectivity index (χ2n) is 7.64. The number of hydrogen-bond acceptors (Lipinski definition) is 3. The number of para-hydroxylation sites is 1. The van der Waals surface area contributed by atoms with Crippen molar-refractivity contribution in [3.05, 3.63) is 95.6 Å². The smallest absolute Gasteiger partial charge is 0.166 e. The summed E-state index contributed by atoms with van der Waals surface area (Å²) in [6.45, 7) is 3.83. The SMILES string of the molecule is O=C1C[C@H](c2ccccc2)c2cccc(N3CCN(c4ccccc4)CC3)c21. The number of piperazine rings is 1. The van der Waals surface area contributed by atoms with Gasteiger partial charge in [-0.05, 0) is 29.3 Å². The molecule has 1 atom stereocenters. The molecule has 0 radical (unpaired) electrons. The number of nitrogens with zero attached hydrogens (tertiary/aromatic N) is 2. The first-order valence-corrected chi connectivity index (χ1v) is 10.1. The standard InChI is InChI=1S/C25H24N2O/c28-24-18-22(19-8-3-1-4-9-19)21-12-7-13-23(25(21)24)27-16-14-26(15-17-27)20-10-5-2-6-11-20/h1-13,22H,14-18H2/t22-/m1/s1. The summed E-state index contributed by atoms with van der Waals surface area (Å²) in [5.74, 6) is 0.471. The van der Waals surface area contributed by atoms with Gasteiger partial charge in [0.15, 0.2) is 5.78 Å². The molecule has 0 N–H and O–H groups in total. The molecule has 2 aliphatic rings. The maximum atomic E-state index is 13.0. The minimum Gasteiger partial charge on any atom is -0.368 e. The number of hydrogen-bond donors (Lipinski definition) is 0. The van der Waals surface area contributed by atoms with Gasteiger partial charge in [-0.25, -0.2) is 0 Å². The van der Waals surface area contributed by atoms with Gasteiger partial charge < -0.3 is 9.80 Å². The summed E-state index contributed by atoms with van der Waals surface area (Å²) in [6, 6.07) is 27.4. The Morgan fingerprint density at radius 1 is 0.679 bits per heavy atom. The van der Waals surface area contributed by atoms with Gasteiger partial charge in [0.2, 0.25) is 0 Å². The molecular weight excluding hydrogens is 344 g/mol. The minimum absolute atomic E-state index is 0.189. The summed E-state index contributed by atoms with van der Waals surface area (Å²) in [5, 5.41) is 0. The van der Waals surface area contributed by atoms with E-state index in [0.29, 0.717) is 6.42 Å². The molecule has 0 unspecified atom stereocenters. The molecule has 3 aromatic carbocycles. The molecule has 1 saturated heterocycles. The Balaban J connectivity index is 1.41. The van der Waals surface area contributed by atoms with Crippen molar-refractivity contribution >= 4 is 17.2 Å². The molecule has 0 bridgehead atoms. The lowest BCUT2D eigenvalue weighted by atomic mass is 9.93. The zero-order valence-corrected chi connectivity index (χ0v) is 15.9. The fourth-order valence-electron chi connectivity index (χ4n) is 4.64. The average molecular weight is 368 g/mol. The first-order chi connectivity index (χ1) is 13.8. The Morgan fingerprint density at radius 3 is 2.04 bits per heavy atom. The third-order valence-corrected chi connectivity index (χ3v) is 6.06. The lowest BCUT2D eigenvalue weighted by molar-refractivity contribution is 0.0991. The van der Waals surface area contributed by atoms with Crippen molar-refractivity contribution in [3.63, 3.8) is 0 Å². The van der Waals surface area contributed by atoms with Crippen molar-refractivity contribution in [3.8, 4) is 0 Å². The number of benzene rings is 3. The predicted octanol–water partition coefficient (Wildman–Crippen LogP) is 4.73. The molecule has 0 spiro atoms. The Hall–Kier alpha value is -3.07. The van der Waals surface area contributed by atoms with E-state index in [1.807, 2.05) is 6.07 Å². The summed E-state index contributed by atoms with van der Waals surface area (Å²) in [7, 11) is 0. The molecule has 1 aliphatic heterocycles. The first kappa shape index (κ1) is 17.1. The van der Waals surface area contributed by atoms with E-state index >= 15 is 0 Å². The zero-order valence-electron chi connectivity index (χ0n) is 15.9. The van der Waals surface area contributed by atoms with Crippen LogP contribution in [0.15, 0.2) is 78.9 Å². The van der Waals surface area contributed by atoms with Crippen molar-refractivity contribution in [1.82, 2.24) is 0 Å². The largest absolute Gasteiger partial charge is 0.368 e. The third kappa shape index (κ3) is 2.97. The molecule has 1 aliphatic carbocycles. The number of rotatable bonds is 3. The van der Waals surface area contributed by atoms with E-state index in [2.05, 4.69) is 82.6 Å². The van der Waals surface area contributed by atoms with E-state index in [-0.39, 0.29) is 11.7 Å². The van der Waals surface area contributed by atoms with Crippen molar-refractivity contribution in [1.29, 1.82) is 0 Å². The second kappa shape index (κ2) is 7.16. The van der Waals surface area contributed by atoms with Gasteiger partial charge in [-0.1, -0.05) is 60.7 Å². The van der Waals surface area contributed by atoms with Crippen molar-refractivity contribution in [2.45, 2.75) is 12.3 Å². The topological polar surface area (TPSA) is 23.6 Å². The molecule has 1 fully saturated rings. The number of Topliss-reactive ketones (excluding diaryl/α,β-unsaturated/α-hetero) is 1. The molecule has 3 heteroatoms. The number of ketones is 1. The summed E-state index contributed by atoms with van der Waals surface area (Å²) in [4.78, 5) is 17.8. The zero-order chi connectivity index (χ0) is 18.9. The van der Waals surface area contributed by atoms with Crippen molar-refractivity contribution in [2.75, 3.05) is 36.0 Å². The van der Waals surface area contributed by atoms with Gasteiger partial charge in [-0.3, -0.25) is 4.79 Å². The molecule has 3 nitrogen and oxygen atoms in total. The maximum absolute atomic E-state index is 13.0. The Morgan fingerprint density at radius 2 is 1.32 bits per heavy atom. The third-order valence-electron chi connectivity index (χ3n) is 6.06. The summed E-state index contributed by atoms with van der Waals surface area (Å²) >= 11 is 0. The van der Waals surface area contributed by atoms with Crippen LogP contribution in [-0.4, -0.2) is 32.0 Å². The van der Waals surface area contributed by atoms with Crippen LogP contribution in [0.2, 0.25) is 0 Å².